The molecule has 2 nitrogen and oxygen atoms in total. The van der Waals surface area contributed by atoms with E-state index in [4.69, 9.17) is 0 Å². The molecule has 108 valence electrons. The third-order valence-electron chi connectivity index (χ3n) is 3.65. The van der Waals surface area contributed by atoms with E-state index in [0.29, 0.717) is 5.41 Å². The molecule has 0 heterocycles. The lowest BCUT2D eigenvalue weighted by molar-refractivity contribution is 0.163. The molecular weight excluding hydrogens is 220 g/mol. The molecule has 18 heavy (non-hydrogen) atoms. The lowest BCUT2D eigenvalue weighted by atomic mass is 9.92. The normalized spacial score (nSPS) is 16.8. The van der Waals surface area contributed by atoms with Crippen LogP contribution in [-0.4, -0.2) is 37.1 Å². The maximum atomic E-state index is 3.62. The summed E-state index contributed by atoms with van der Waals surface area (Å²) in [7, 11) is 0. The molecule has 1 aliphatic rings. The number of rotatable bonds is 10. The SMILES string of the molecule is CCCCN(CC(C)(C)CNCC(C)C)C1CC1. The highest BCUT2D eigenvalue weighted by atomic mass is 15.2. The van der Waals surface area contributed by atoms with Crippen molar-refractivity contribution in [3.8, 4) is 0 Å². The van der Waals surface area contributed by atoms with Gasteiger partial charge in [-0.1, -0.05) is 41.0 Å². The van der Waals surface area contributed by atoms with Crippen molar-refractivity contribution in [2.24, 2.45) is 11.3 Å². The van der Waals surface area contributed by atoms with Crippen molar-refractivity contribution in [2.45, 2.75) is 66.3 Å². The van der Waals surface area contributed by atoms with Crippen LogP contribution < -0.4 is 5.32 Å². The Morgan fingerprint density at radius 1 is 1.28 bits per heavy atom. The fourth-order valence-electron chi connectivity index (χ4n) is 2.50. The minimum atomic E-state index is 0.394. The molecular formula is C16H34N2. The zero-order valence-corrected chi connectivity index (χ0v) is 13.3. The number of hydrogen-bond acceptors (Lipinski definition) is 2. The monoisotopic (exact) mass is 254 g/mol. The lowest BCUT2D eigenvalue weighted by Crippen LogP contribution is -2.42. The molecule has 0 aliphatic heterocycles. The molecule has 1 aliphatic carbocycles. The molecule has 0 aromatic carbocycles. The summed E-state index contributed by atoms with van der Waals surface area (Å²) in [6, 6.07) is 0.904. The van der Waals surface area contributed by atoms with E-state index in [9.17, 15) is 0 Å². The maximum absolute atomic E-state index is 3.62. The van der Waals surface area contributed by atoms with Gasteiger partial charge in [-0.2, -0.15) is 0 Å². The molecule has 0 saturated heterocycles. The van der Waals surface area contributed by atoms with Crippen LogP contribution in [-0.2, 0) is 0 Å². The van der Waals surface area contributed by atoms with Crippen LogP contribution in [0.4, 0.5) is 0 Å². The van der Waals surface area contributed by atoms with E-state index in [1.165, 1.54) is 38.8 Å². The van der Waals surface area contributed by atoms with E-state index in [1.807, 2.05) is 0 Å². The maximum Gasteiger partial charge on any atom is 0.00966 e. The molecule has 0 atom stereocenters. The van der Waals surface area contributed by atoms with Crippen molar-refractivity contribution in [1.82, 2.24) is 10.2 Å². The Bertz CT molecular complexity index is 219. The van der Waals surface area contributed by atoms with Crippen LogP contribution in [0.1, 0.15) is 60.3 Å². The highest BCUT2D eigenvalue weighted by Gasteiger charge is 2.32. The van der Waals surface area contributed by atoms with Crippen LogP contribution in [0.15, 0.2) is 0 Å². The quantitative estimate of drug-likeness (QED) is 0.641. The average Bonchev–Trinajstić information content (AvgIpc) is 3.06. The molecule has 1 rings (SSSR count). The van der Waals surface area contributed by atoms with Gasteiger partial charge >= 0.3 is 0 Å². The van der Waals surface area contributed by atoms with E-state index >= 15 is 0 Å². The Morgan fingerprint density at radius 2 is 1.94 bits per heavy atom. The Labute approximate surface area is 115 Å². The van der Waals surface area contributed by atoms with E-state index in [0.717, 1.165) is 25.0 Å². The first-order valence-electron chi connectivity index (χ1n) is 7.89. The number of nitrogens with one attached hydrogen (secondary N) is 1. The van der Waals surface area contributed by atoms with Gasteiger partial charge in [0.2, 0.25) is 0 Å². The van der Waals surface area contributed by atoms with Crippen molar-refractivity contribution >= 4 is 0 Å². The predicted molar refractivity (Wildman–Crippen MR) is 81.0 cm³/mol. The summed E-state index contributed by atoms with van der Waals surface area (Å²) >= 11 is 0. The van der Waals surface area contributed by atoms with E-state index in [-0.39, 0.29) is 0 Å². The summed E-state index contributed by atoms with van der Waals surface area (Å²) in [4.78, 5) is 2.74. The molecule has 0 bridgehead atoms. The van der Waals surface area contributed by atoms with Gasteiger partial charge < -0.3 is 5.32 Å². The molecule has 0 amide bonds. The van der Waals surface area contributed by atoms with Crippen molar-refractivity contribution in [3.63, 3.8) is 0 Å². The summed E-state index contributed by atoms with van der Waals surface area (Å²) in [6.07, 6.45) is 5.53. The Hall–Kier alpha value is -0.0800. The highest BCUT2D eigenvalue weighted by molar-refractivity contribution is 4.88. The molecule has 1 fully saturated rings. The fourth-order valence-corrected chi connectivity index (χ4v) is 2.50. The third-order valence-corrected chi connectivity index (χ3v) is 3.65. The van der Waals surface area contributed by atoms with Gasteiger partial charge in [0.1, 0.15) is 0 Å². The van der Waals surface area contributed by atoms with Gasteiger partial charge in [0.05, 0.1) is 0 Å². The third kappa shape index (κ3) is 6.75. The van der Waals surface area contributed by atoms with Crippen LogP contribution >= 0.6 is 0 Å². The zero-order chi connectivity index (χ0) is 13.6. The van der Waals surface area contributed by atoms with Crippen molar-refractivity contribution in [3.05, 3.63) is 0 Å². The van der Waals surface area contributed by atoms with E-state index < -0.39 is 0 Å². The van der Waals surface area contributed by atoms with E-state index in [1.54, 1.807) is 0 Å². The Kier molecular flexibility index (Phi) is 6.65. The van der Waals surface area contributed by atoms with Gasteiger partial charge in [0.25, 0.3) is 0 Å². The molecule has 0 unspecified atom stereocenters. The summed E-state index contributed by atoms with van der Waals surface area (Å²) in [5, 5.41) is 3.62. The van der Waals surface area contributed by atoms with Gasteiger partial charge in [-0.15, -0.1) is 0 Å². The molecule has 1 N–H and O–H groups in total. The first-order valence-corrected chi connectivity index (χ1v) is 7.89. The Morgan fingerprint density at radius 3 is 2.44 bits per heavy atom. The summed E-state index contributed by atoms with van der Waals surface area (Å²) in [5.41, 5.74) is 0.394. The van der Waals surface area contributed by atoms with Crippen molar-refractivity contribution < 1.29 is 0 Å². The van der Waals surface area contributed by atoms with Crippen LogP contribution in [0.5, 0.6) is 0 Å². The minimum absolute atomic E-state index is 0.394. The van der Waals surface area contributed by atoms with E-state index in [2.05, 4.69) is 44.8 Å². The fraction of sp³-hybridized carbons (Fsp3) is 1.00. The topological polar surface area (TPSA) is 15.3 Å². The van der Waals surface area contributed by atoms with Gasteiger partial charge in [0, 0.05) is 19.1 Å². The largest absolute Gasteiger partial charge is 0.316 e. The van der Waals surface area contributed by atoms with Gasteiger partial charge in [0.15, 0.2) is 0 Å². The standard InChI is InChI=1S/C16H34N2/c1-6-7-10-18(15-8-9-15)13-16(4,5)12-17-11-14(2)3/h14-15,17H,6-13H2,1-5H3. The van der Waals surface area contributed by atoms with Crippen LogP contribution in [0, 0.1) is 11.3 Å². The molecule has 0 radical (unpaired) electrons. The summed E-state index contributed by atoms with van der Waals surface area (Å²) in [5.74, 6) is 0.750. The number of unbranched alkanes of at least 4 members (excludes halogenated alkanes) is 1. The second-order valence-corrected chi connectivity index (χ2v) is 7.24. The first kappa shape index (κ1) is 16.0. The number of hydrogen-bond donors (Lipinski definition) is 1. The smallest absolute Gasteiger partial charge is 0.00966 e. The van der Waals surface area contributed by atoms with Crippen LogP contribution in [0.25, 0.3) is 0 Å². The summed E-state index contributed by atoms with van der Waals surface area (Å²) in [6.45, 7) is 16.5. The second-order valence-electron chi connectivity index (χ2n) is 7.24. The molecule has 0 aromatic heterocycles. The second kappa shape index (κ2) is 7.49. The molecule has 2 heteroatoms. The van der Waals surface area contributed by atoms with Crippen molar-refractivity contribution in [2.75, 3.05) is 26.2 Å². The lowest BCUT2D eigenvalue weighted by Gasteiger charge is -2.33. The average molecular weight is 254 g/mol. The van der Waals surface area contributed by atoms with Crippen LogP contribution in [0.2, 0.25) is 0 Å². The predicted octanol–water partition coefficient (Wildman–Crippen LogP) is 3.52. The minimum Gasteiger partial charge on any atom is -0.316 e. The first-order chi connectivity index (χ1) is 8.44. The van der Waals surface area contributed by atoms with Crippen LogP contribution in [0.3, 0.4) is 0 Å². The van der Waals surface area contributed by atoms with Gasteiger partial charge in [-0.25, -0.2) is 0 Å². The Balaban J connectivity index is 2.30. The van der Waals surface area contributed by atoms with Crippen molar-refractivity contribution in [1.29, 1.82) is 0 Å². The van der Waals surface area contributed by atoms with Gasteiger partial charge in [-0.05, 0) is 43.7 Å². The molecule has 1 saturated carbocycles. The summed E-state index contributed by atoms with van der Waals surface area (Å²) < 4.78 is 0. The van der Waals surface area contributed by atoms with Gasteiger partial charge in [-0.3, -0.25) is 4.90 Å². The number of nitrogens with zero attached hydrogens (tertiary/aromatic N) is 1. The zero-order valence-electron chi connectivity index (χ0n) is 13.3. The molecule has 0 aromatic rings. The highest BCUT2D eigenvalue weighted by Crippen LogP contribution is 2.30. The molecule has 0 spiro atoms.